The highest BCUT2D eigenvalue weighted by atomic mass is 16.5. The van der Waals surface area contributed by atoms with Gasteiger partial charge >= 0.3 is 0 Å². The molecule has 0 aromatic carbocycles. The maximum atomic E-state index is 11.5. The van der Waals surface area contributed by atoms with Crippen LogP contribution < -0.4 is 5.32 Å². The molecule has 1 aromatic heterocycles. The van der Waals surface area contributed by atoms with Gasteiger partial charge in [0.05, 0.1) is 30.6 Å². The fourth-order valence-electron chi connectivity index (χ4n) is 1.10. The molecule has 5 heteroatoms. The lowest BCUT2D eigenvalue weighted by Gasteiger charge is -2.21. The molecule has 84 valence electrons. The van der Waals surface area contributed by atoms with Crippen LogP contribution in [0.5, 0.6) is 0 Å². The number of ether oxygens (including phenoxy) is 1. The van der Waals surface area contributed by atoms with Gasteiger partial charge in [-0.1, -0.05) is 0 Å². The van der Waals surface area contributed by atoms with E-state index < -0.39 is 5.60 Å². The van der Waals surface area contributed by atoms with E-state index in [9.17, 15) is 4.79 Å². The van der Waals surface area contributed by atoms with Crippen LogP contribution in [-0.2, 0) is 16.1 Å². The number of aromatic nitrogens is 2. The van der Waals surface area contributed by atoms with Crippen molar-refractivity contribution < 1.29 is 9.53 Å². The molecule has 15 heavy (non-hydrogen) atoms. The third kappa shape index (κ3) is 4.12. The minimum absolute atomic E-state index is 0.0311. The second kappa shape index (κ2) is 4.93. The Morgan fingerprint density at radius 1 is 1.67 bits per heavy atom. The Morgan fingerprint density at radius 2 is 2.40 bits per heavy atom. The smallest absolute Gasteiger partial charge is 0.223 e. The van der Waals surface area contributed by atoms with Gasteiger partial charge in [0.1, 0.15) is 0 Å². The molecule has 0 aliphatic rings. The Bertz CT molecular complexity index is 306. The van der Waals surface area contributed by atoms with Gasteiger partial charge in [0.25, 0.3) is 0 Å². The van der Waals surface area contributed by atoms with Crippen molar-refractivity contribution in [2.75, 3.05) is 7.11 Å². The van der Waals surface area contributed by atoms with Gasteiger partial charge in [-0.25, -0.2) is 4.98 Å². The Labute approximate surface area is 89.2 Å². The van der Waals surface area contributed by atoms with Crippen molar-refractivity contribution in [3.05, 3.63) is 18.2 Å². The summed E-state index contributed by atoms with van der Waals surface area (Å²) in [5.74, 6) is -0.0311. The van der Waals surface area contributed by atoms with Crippen LogP contribution in [0.1, 0.15) is 26.0 Å². The van der Waals surface area contributed by atoms with Gasteiger partial charge in [-0.05, 0) is 13.8 Å². The number of carbonyl (C=O) groups excluding carboxylic acids is 1. The normalized spacial score (nSPS) is 11.4. The van der Waals surface area contributed by atoms with Crippen molar-refractivity contribution in [3.63, 3.8) is 0 Å². The second-order valence-electron chi connectivity index (χ2n) is 3.99. The molecular weight excluding hydrogens is 194 g/mol. The number of H-pyrrole nitrogens is 1. The molecule has 5 nitrogen and oxygen atoms in total. The second-order valence-corrected chi connectivity index (χ2v) is 3.99. The third-order valence-electron chi connectivity index (χ3n) is 2.17. The SMILES string of the molecule is COC(C)(C)CC(=O)NCc1cnc[nH]1. The summed E-state index contributed by atoms with van der Waals surface area (Å²) >= 11 is 0. The molecule has 0 aliphatic heterocycles. The van der Waals surface area contributed by atoms with Crippen LogP contribution in [0.3, 0.4) is 0 Å². The lowest BCUT2D eigenvalue weighted by molar-refractivity contribution is -0.126. The number of rotatable bonds is 5. The summed E-state index contributed by atoms with van der Waals surface area (Å²) in [6.45, 7) is 4.23. The van der Waals surface area contributed by atoms with Crippen molar-refractivity contribution in [2.24, 2.45) is 0 Å². The highest BCUT2D eigenvalue weighted by Gasteiger charge is 2.20. The topological polar surface area (TPSA) is 67.0 Å². The molecule has 0 radical (unpaired) electrons. The Kier molecular flexibility index (Phi) is 3.85. The molecule has 0 fully saturated rings. The first kappa shape index (κ1) is 11.7. The summed E-state index contributed by atoms with van der Waals surface area (Å²) in [7, 11) is 1.60. The number of amides is 1. The molecule has 1 heterocycles. The van der Waals surface area contributed by atoms with Gasteiger partial charge in [-0.15, -0.1) is 0 Å². The minimum Gasteiger partial charge on any atom is -0.378 e. The van der Waals surface area contributed by atoms with Gasteiger partial charge in [0.15, 0.2) is 0 Å². The van der Waals surface area contributed by atoms with Crippen molar-refractivity contribution >= 4 is 5.91 Å². The van der Waals surface area contributed by atoms with E-state index in [1.165, 1.54) is 0 Å². The van der Waals surface area contributed by atoms with Crippen LogP contribution >= 0.6 is 0 Å². The molecule has 1 rings (SSSR count). The quantitative estimate of drug-likeness (QED) is 0.758. The number of carbonyl (C=O) groups is 1. The maximum absolute atomic E-state index is 11.5. The standard InChI is InChI=1S/C10H17N3O2/c1-10(2,15-3)4-9(14)12-6-8-5-11-7-13-8/h5,7H,4,6H2,1-3H3,(H,11,13)(H,12,14). The van der Waals surface area contributed by atoms with Crippen LogP contribution in [0, 0.1) is 0 Å². The summed E-state index contributed by atoms with van der Waals surface area (Å²) in [6, 6.07) is 0. The molecule has 0 bridgehead atoms. The summed E-state index contributed by atoms with van der Waals surface area (Å²) in [4.78, 5) is 18.3. The molecule has 0 unspecified atom stereocenters. The van der Waals surface area contributed by atoms with E-state index in [1.807, 2.05) is 13.8 Å². The highest BCUT2D eigenvalue weighted by molar-refractivity contribution is 5.76. The third-order valence-corrected chi connectivity index (χ3v) is 2.17. The Balaban J connectivity index is 2.31. The van der Waals surface area contributed by atoms with Gasteiger partial charge < -0.3 is 15.0 Å². The van der Waals surface area contributed by atoms with Crippen LogP contribution in [0.25, 0.3) is 0 Å². The average Bonchev–Trinajstić information content (AvgIpc) is 2.66. The number of aromatic amines is 1. The zero-order valence-electron chi connectivity index (χ0n) is 9.33. The van der Waals surface area contributed by atoms with Gasteiger partial charge in [-0.3, -0.25) is 4.79 Å². The van der Waals surface area contributed by atoms with Crippen molar-refractivity contribution in [2.45, 2.75) is 32.4 Å². The van der Waals surface area contributed by atoms with Gasteiger partial charge in [-0.2, -0.15) is 0 Å². The van der Waals surface area contributed by atoms with Gasteiger partial charge in [0, 0.05) is 13.3 Å². The first-order valence-corrected chi connectivity index (χ1v) is 4.82. The van der Waals surface area contributed by atoms with E-state index in [-0.39, 0.29) is 5.91 Å². The lowest BCUT2D eigenvalue weighted by atomic mass is 10.1. The molecule has 0 saturated heterocycles. The predicted octanol–water partition coefficient (Wildman–Crippen LogP) is 0.841. The van der Waals surface area contributed by atoms with Crippen molar-refractivity contribution in [1.82, 2.24) is 15.3 Å². The monoisotopic (exact) mass is 211 g/mol. The molecule has 0 atom stereocenters. The molecule has 1 aromatic rings. The number of nitrogens with zero attached hydrogens (tertiary/aromatic N) is 1. The van der Waals surface area contributed by atoms with E-state index in [0.717, 1.165) is 5.69 Å². The Hall–Kier alpha value is -1.36. The number of hydrogen-bond donors (Lipinski definition) is 2. The van der Waals surface area contributed by atoms with E-state index in [1.54, 1.807) is 19.6 Å². The van der Waals surface area contributed by atoms with Crippen molar-refractivity contribution in [3.8, 4) is 0 Å². The number of hydrogen-bond acceptors (Lipinski definition) is 3. The molecule has 2 N–H and O–H groups in total. The fourth-order valence-corrected chi connectivity index (χ4v) is 1.10. The lowest BCUT2D eigenvalue weighted by Crippen LogP contribution is -2.33. The van der Waals surface area contributed by atoms with Crippen LogP contribution in [0.15, 0.2) is 12.5 Å². The van der Waals surface area contributed by atoms with Crippen molar-refractivity contribution in [1.29, 1.82) is 0 Å². The van der Waals surface area contributed by atoms with Crippen LogP contribution in [0.2, 0.25) is 0 Å². The predicted molar refractivity (Wildman–Crippen MR) is 56.1 cm³/mol. The fraction of sp³-hybridized carbons (Fsp3) is 0.600. The molecule has 0 aliphatic carbocycles. The van der Waals surface area contributed by atoms with E-state index >= 15 is 0 Å². The molecule has 0 saturated carbocycles. The number of methoxy groups -OCH3 is 1. The van der Waals surface area contributed by atoms with Crippen LogP contribution in [0.4, 0.5) is 0 Å². The maximum Gasteiger partial charge on any atom is 0.223 e. The molecule has 1 amide bonds. The average molecular weight is 211 g/mol. The molecular formula is C10H17N3O2. The molecule has 0 spiro atoms. The largest absolute Gasteiger partial charge is 0.378 e. The zero-order valence-corrected chi connectivity index (χ0v) is 9.33. The zero-order chi connectivity index (χ0) is 11.3. The number of nitrogens with one attached hydrogen (secondary N) is 2. The van der Waals surface area contributed by atoms with Crippen LogP contribution in [-0.4, -0.2) is 28.6 Å². The first-order valence-electron chi connectivity index (χ1n) is 4.82. The van der Waals surface area contributed by atoms with E-state index in [2.05, 4.69) is 15.3 Å². The number of imidazole rings is 1. The van der Waals surface area contributed by atoms with E-state index in [0.29, 0.717) is 13.0 Å². The summed E-state index contributed by atoms with van der Waals surface area (Å²) in [5.41, 5.74) is 0.469. The summed E-state index contributed by atoms with van der Waals surface area (Å²) < 4.78 is 5.16. The first-order chi connectivity index (χ1) is 7.03. The minimum atomic E-state index is -0.419. The van der Waals surface area contributed by atoms with E-state index in [4.69, 9.17) is 4.74 Å². The Morgan fingerprint density at radius 3 is 2.93 bits per heavy atom. The highest BCUT2D eigenvalue weighted by Crippen LogP contribution is 2.12. The van der Waals surface area contributed by atoms with Gasteiger partial charge in [0.2, 0.25) is 5.91 Å². The summed E-state index contributed by atoms with van der Waals surface area (Å²) in [6.07, 6.45) is 3.61. The summed E-state index contributed by atoms with van der Waals surface area (Å²) in [5, 5.41) is 2.79.